The second-order valence-corrected chi connectivity index (χ2v) is 7.73. The fraction of sp³-hybridized carbons (Fsp3) is 0.185. The number of anilines is 2. The average Bonchev–Trinajstić information content (AvgIpc) is 2.88. The number of carbonyl (C=O) groups excluding carboxylic acids is 3. The third kappa shape index (κ3) is 8.39. The van der Waals surface area contributed by atoms with Gasteiger partial charge in [0.05, 0.1) is 19.9 Å². The van der Waals surface area contributed by atoms with Gasteiger partial charge in [0.15, 0.2) is 18.1 Å². The van der Waals surface area contributed by atoms with Crippen LogP contribution in [0.5, 0.6) is 17.2 Å². The minimum absolute atomic E-state index is 0.239. The van der Waals surface area contributed by atoms with Crippen LogP contribution in [0.2, 0.25) is 0 Å². The standard InChI is InChI=1S/C27H28N4O6/c1-4-36-24-14-19(16-28-31-27(34)26(33)30-20-8-5-7-18(2)13-20)11-12-23(24)37-17-25(32)29-21-9-6-10-22(15-21)35-3/h5-16H,4,17H2,1-3H3,(H,29,32)(H,30,33)(H,31,34)/b28-16-. The topological polar surface area (TPSA) is 127 Å². The zero-order valence-corrected chi connectivity index (χ0v) is 20.7. The van der Waals surface area contributed by atoms with Gasteiger partial charge in [0.25, 0.3) is 5.91 Å². The molecule has 0 spiro atoms. The highest BCUT2D eigenvalue weighted by Gasteiger charge is 2.13. The third-order valence-electron chi connectivity index (χ3n) is 4.84. The van der Waals surface area contributed by atoms with Gasteiger partial charge in [0.1, 0.15) is 5.75 Å². The number of nitrogens with one attached hydrogen (secondary N) is 3. The number of methoxy groups -OCH3 is 1. The van der Waals surface area contributed by atoms with Crippen LogP contribution in [-0.2, 0) is 14.4 Å². The van der Waals surface area contributed by atoms with Crippen molar-refractivity contribution < 1.29 is 28.6 Å². The van der Waals surface area contributed by atoms with Crippen molar-refractivity contribution in [2.24, 2.45) is 5.10 Å². The number of benzene rings is 3. The zero-order chi connectivity index (χ0) is 26.6. The maximum absolute atomic E-state index is 12.3. The molecule has 0 atom stereocenters. The predicted octanol–water partition coefficient (Wildman–Crippen LogP) is 3.51. The number of hydrogen-bond acceptors (Lipinski definition) is 7. The molecule has 3 aromatic rings. The van der Waals surface area contributed by atoms with Gasteiger partial charge in [-0.25, -0.2) is 5.43 Å². The summed E-state index contributed by atoms with van der Waals surface area (Å²) in [5.74, 6) is -0.727. The Kier molecular flexibility index (Phi) is 9.60. The first-order chi connectivity index (χ1) is 17.9. The van der Waals surface area contributed by atoms with E-state index in [-0.39, 0.29) is 12.5 Å². The van der Waals surface area contributed by atoms with E-state index in [0.717, 1.165) is 5.56 Å². The van der Waals surface area contributed by atoms with Gasteiger partial charge in [-0.1, -0.05) is 18.2 Å². The lowest BCUT2D eigenvalue weighted by Gasteiger charge is -2.13. The molecule has 0 bridgehead atoms. The van der Waals surface area contributed by atoms with Crippen molar-refractivity contribution in [1.82, 2.24) is 5.43 Å². The summed E-state index contributed by atoms with van der Waals surface area (Å²) in [6.45, 7) is 3.82. The fourth-order valence-corrected chi connectivity index (χ4v) is 3.16. The third-order valence-corrected chi connectivity index (χ3v) is 4.84. The lowest BCUT2D eigenvalue weighted by Crippen LogP contribution is -2.32. The molecule has 0 aromatic heterocycles. The van der Waals surface area contributed by atoms with Gasteiger partial charge in [0, 0.05) is 17.4 Å². The molecule has 3 amide bonds. The largest absolute Gasteiger partial charge is 0.497 e. The van der Waals surface area contributed by atoms with Gasteiger partial charge < -0.3 is 24.8 Å². The second-order valence-electron chi connectivity index (χ2n) is 7.73. The quantitative estimate of drug-likeness (QED) is 0.220. The summed E-state index contributed by atoms with van der Waals surface area (Å²) in [5.41, 5.74) is 4.81. The number of carbonyl (C=O) groups is 3. The van der Waals surface area contributed by atoms with E-state index >= 15 is 0 Å². The van der Waals surface area contributed by atoms with Crippen LogP contribution in [0.4, 0.5) is 11.4 Å². The van der Waals surface area contributed by atoms with Crippen LogP contribution in [0.15, 0.2) is 71.8 Å². The van der Waals surface area contributed by atoms with Gasteiger partial charge in [-0.05, 0) is 67.4 Å². The van der Waals surface area contributed by atoms with Gasteiger partial charge in [-0.2, -0.15) is 5.10 Å². The summed E-state index contributed by atoms with van der Waals surface area (Å²) in [6.07, 6.45) is 1.36. The smallest absolute Gasteiger partial charge is 0.329 e. The molecule has 0 saturated carbocycles. The molecule has 0 fully saturated rings. The Morgan fingerprint density at radius 1 is 0.865 bits per heavy atom. The summed E-state index contributed by atoms with van der Waals surface area (Å²) in [6, 6.07) is 19.0. The highest BCUT2D eigenvalue weighted by molar-refractivity contribution is 6.39. The van der Waals surface area contributed by atoms with Crippen LogP contribution >= 0.6 is 0 Å². The molecule has 0 saturated heterocycles. The van der Waals surface area contributed by atoms with Crippen molar-refractivity contribution >= 4 is 35.3 Å². The Bertz CT molecular complexity index is 1290. The number of aryl methyl sites for hydroxylation is 1. The number of hydrogen-bond donors (Lipinski definition) is 3. The molecular weight excluding hydrogens is 476 g/mol. The number of nitrogens with zero attached hydrogens (tertiary/aromatic N) is 1. The minimum atomic E-state index is -0.912. The molecule has 0 unspecified atom stereocenters. The Morgan fingerprint density at radius 2 is 1.62 bits per heavy atom. The SMILES string of the molecule is CCOc1cc(/C=N\NC(=O)C(=O)Nc2cccc(C)c2)ccc1OCC(=O)Nc1cccc(OC)c1. The maximum Gasteiger partial charge on any atom is 0.329 e. The molecule has 0 aliphatic heterocycles. The molecule has 37 heavy (non-hydrogen) atoms. The first-order valence-electron chi connectivity index (χ1n) is 11.4. The van der Waals surface area contributed by atoms with E-state index in [4.69, 9.17) is 14.2 Å². The summed E-state index contributed by atoms with van der Waals surface area (Å²) in [7, 11) is 1.55. The Balaban J connectivity index is 1.55. The predicted molar refractivity (Wildman–Crippen MR) is 140 cm³/mol. The van der Waals surface area contributed by atoms with E-state index in [0.29, 0.717) is 40.8 Å². The van der Waals surface area contributed by atoms with E-state index in [1.54, 1.807) is 67.8 Å². The van der Waals surface area contributed by atoms with E-state index in [9.17, 15) is 14.4 Å². The molecule has 0 heterocycles. The molecule has 3 aromatic carbocycles. The summed E-state index contributed by atoms with van der Waals surface area (Å²) < 4.78 is 16.4. The number of amides is 3. The van der Waals surface area contributed by atoms with Crippen LogP contribution in [0.3, 0.4) is 0 Å². The first-order valence-corrected chi connectivity index (χ1v) is 11.4. The minimum Gasteiger partial charge on any atom is -0.497 e. The van der Waals surface area contributed by atoms with Crippen LogP contribution in [-0.4, -0.2) is 44.3 Å². The van der Waals surface area contributed by atoms with Crippen molar-refractivity contribution in [2.75, 3.05) is 31.0 Å². The average molecular weight is 505 g/mol. The van der Waals surface area contributed by atoms with Crippen molar-refractivity contribution in [3.8, 4) is 17.2 Å². The van der Waals surface area contributed by atoms with Crippen molar-refractivity contribution in [1.29, 1.82) is 0 Å². The Labute approximate surface area is 214 Å². The molecular formula is C27H28N4O6. The molecule has 10 heteroatoms. The van der Waals surface area contributed by atoms with E-state index in [2.05, 4.69) is 21.2 Å². The monoisotopic (exact) mass is 504 g/mol. The van der Waals surface area contributed by atoms with Gasteiger partial charge >= 0.3 is 11.8 Å². The molecule has 3 N–H and O–H groups in total. The zero-order valence-electron chi connectivity index (χ0n) is 20.7. The highest BCUT2D eigenvalue weighted by atomic mass is 16.5. The van der Waals surface area contributed by atoms with Crippen LogP contribution in [0.1, 0.15) is 18.1 Å². The van der Waals surface area contributed by atoms with Crippen molar-refractivity contribution in [3.63, 3.8) is 0 Å². The normalized spacial score (nSPS) is 10.5. The lowest BCUT2D eigenvalue weighted by atomic mass is 10.2. The van der Waals surface area contributed by atoms with Crippen LogP contribution in [0, 0.1) is 6.92 Å². The van der Waals surface area contributed by atoms with Crippen molar-refractivity contribution in [3.05, 3.63) is 77.9 Å². The Hall–Kier alpha value is -4.86. The molecule has 10 nitrogen and oxygen atoms in total. The first kappa shape index (κ1) is 26.7. The molecule has 192 valence electrons. The van der Waals surface area contributed by atoms with E-state index in [1.807, 2.05) is 19.9 Å². The van der Waals surface area contributed by atoms with Crippen LogP contribution in [0.25, 0.3) is 0 Å². The molecule has 0 aliphatic rings. The number of hydrazone groups is 1. The lowest BCUT2D eigenvalue weighted by molar-refractivity contribution is -0.136. The van der Waals surface area contributed by atoms with Gasteiger partial charge in [-0.15, -0.1) is 0 Å². The highest BCUT2D eigenvalue weighted by Crippen LogP contribution is 2.28. The summed E-state index contributed by atoms with van der Waals surface area (Å²) in [5, 5.41) is 9.08. The molecule has 0 aliphatic carbocycles. The molecule has 3 rings (SSSR count). The van der Waals surface area contributed by atoms with E-state index < -0.39 is 11.8 Å². The summed E-state index contributed by atoms with van der Waals surface area (Å²) in [4.78, 5) is 36.4. The van der Waals surface area contributed by atoms with E-state index in [1.165, 1.54) is 6.21 Å². The molecule has 0 radical (unpaired) electrons. The van der Waals surface area contributed by atoms with Gasteiger partial charge in [0.2, 0.25) is 0 Å². The van der Waals surface area contributed by atoms with Crippen molar-refractivity contribution in [2.45, 2.75) is 13.8 Å². The van der Waals surface area contributed by atoms with Gasteiger partial charge in [-0.3, -0.25) is 14.4 Å². The second kappa shape index (κ2) is 13.3. The van der Waals surface area contributed by atoms with Crippen LogP contribution < -0.4 is 30.3 Å². The number of rotatable bonds is 10. The number of ether oxygens (including phenoxy) is 3. The maximum atomic E-state index is 12.3. The Morgan fingerprint density at radius 3 is 2.35 bits per heavy atom. The fourth-order valence-electron chi connectivity index (χ4n) is 3.16. The summed E-state index contributed by atoms with van der Waals surface area (Å²) >= 11 is 0.